The summed E-state index contributed by atoms with van der Waals surface area (Å²) in [5.41, 5.74) is 3.37. The Labute approximate surface area is 240 Å². The summed E-state index contributed by atoms with van der Waals surface area (Å²) in [4.78, 5) is 28.3. The molecule has 1 aliphatic heterocycles. The number of imide groups is 1. The summed E-state index contributed by atoms with van der Waals surface area (Å²) in [5, 5.41) is 51.4. The van der Waals surface area contributed by atoms with Gasteiger partial charge in [-0.3, -0.25) is 14.5 Å². The topological polar surface area (TPSA) is 148 Å². The minimum Gasteiger partial charge on any atom is -0.507 e. The monoisotopic (exact) mass is 563 g/mol. The lowest BCUT2D eigenvalue weighted by Crippen LogP contribution is -2.40. The van der Waals surface area contributed by atoms with Crippen LogP contribution in [0.2, 0.25) is 0 Å². The smallest absolute Gasteiger partial charge is 0.488 e. The SMILES string of the molecule is CCC/C(=C\c1ccccc1O)CC[C@@H](O)C1=C(COC)C[C@H]2C(=O)N(c3cccc(B(O)O)c3)C(=O)[C@H]2[C@H]1CO. The Morgan fingerprint density at radius 3 is 2.54 bits per heavy atom. The van der Waals surface area contributed by atoms with Crippen LogP contribution < -0.4 is 10.4 Å². The Bertz CT molecular complexity index is 1320. The highest BCUT2D eigenvalue weighted by Gasteiger charge is 2.55. The van der Waals surface area contributed by atoms with Crippen LogP contribution in [0.15, 0.2) is 65.3 Å². The summed E-state index contributed by atoms with van der Waals surface area (Å²) < 4.78 is 5.42. The molecule has 2 amide bonds. The van der Waals surface area contributed by atoms with Crippen LogP contribution in [0.4, 0.5) is 5.69 Å². The van der Waals surface area contributed by atoms with E-state index in [0.717, 1.165) is 23.3 Å². The molecule has 2 aromatic carbocycles. The fourth-order valence-electron chi connectivity index (χ4n) is 6.24. The summed E-state index contributed by atoms with van der Waals surface area (Å²) >= 11 is 0. The van der Waals surface area contributed by atoms with Crippen molar-refractivity contribution < 1.29 is 39.7 Å². The van der Waals surface area contributed by atoms with E-state index < -0.39 is 49.4 Å². The number of hydrogen-bond acceptors (Lipinski definition) is 8. The Kier molecular flexibility index (Phi) is 10.2. The lowest BCUT2D eigenvalue weighted by molar-refractivity contribution is -0.123. The van der Waals surface area contributed by atoms with Crippen molar-refractivity contribution in [1.29, 1.82) is 0 Å². The molecule has 9 nitrogen and oxygen atoms in total. The second-order valence-corrected chi connectivity index (χ2v) is 10.8. The fraction of sp³-hybridized carbons (Fsp3) is 0.419. The number of para-hydroxylation sites is 1. The molecule has 0 saturated carbocycles. The fourth-order valence-corrected chi connectivity index (χ4v) is 6.24. The summed E-state index contributed by atoms with van der Waals surface area (Å²) in [6, 6.07) is 13.0. The van der Waals surface area contributed by atoms with Crippen LogP contribution in [-0.4, -0.2) is 70.7 Å². The first kappa shape index (κ1) is 30.7. The van der Waals surface area contributed by atoms with Crippen molar-refractivity contribution in [3.63, 3.8) is 0 Å². The molecule has 4 atom stereocenters. The van der Waals surface area contributed by atoms with Gasteiger partial charge in [-0.25, -0.2) is 0 Å². The van der Waals surface area contributed by atoms with Crippen molar-refractivity contribution in [3.05, 3.63) is 70.8 Å². The van der Waals surface area contributed by atoms with Crippen molar-refractivity contribution in [1.82, 2.24) is 0 Å². The molecule has 1 saturated heterocycles. The Morgan fingerprint density at radius 1 is 1.12 bits per heavy atom. The van der Waals surface area contributed by atoms with Crippen LogP contribution >= 0.6 is 0 Å². The lowest BCUT2D eigenvalue weighted by Gasteiger charge is -2.36. The number of rotatable bonds is 12. The Morgan fingerprint density at radius 2 is 1.88 bits per heavy atom. The van der Waals surface area contributed by atoms with Crippen molar-refractivity contribution in [2.45, 2.75) is 45.1 Å². The number of phenols is 1. The van der Waals surface area contributed by atoms with Gasteiger partial charge in [-0.05, 0) is 60.5 Å². The average Bonchev–Trinajstić information content (AvgIpc) is 3.21. The highest BCUT2D eigenvalue weighted by atomic mass is 16.5. The summed E-state index contributed by atoms with van der Waals surface area (Å²) in [7, 11) is -0.241. The number of fused-ring (bicyclic) bond motifs is 1. The maximum Gasteiger partial charge on any atom is 0.488 e. The number of hydrogen-bond donors (Lipinski definition) is 5. The number of nitrogens with zero attached hydrogens (tertiary/aromatic N) is 1. The zero-order valence-electron chi connectivity index (χ0n) is 23.4. The van der Waals surface area contributed by atoms with E-state index in [1.54, 1.807) is 18.2 Å². The molecule has 0 unspecified atom stereocenters. The zero-order chi connectivity index (χ0) is 29.7. The van der Waals surface area contributed by atoms with Gasteiger partial charge in [-0.15, -0.1) is 0 Å². The van der Waals surface area contributed by atoms with Gasteiger partial charge in [0.25, 0.3) is 0 Å². The van der Waals surface area contributed by atoms with Crippen LogP contribution in [0, 0.1) is 17.8 Å². The highest BCUT2D eigenvalue weighted by molar-refractivity contribution is 6.58. The first-order valence-electron chi connectivity index (χ1n) is 14.0. The third kappa shape index (κ3) is 6.47. The van der Waals surface area contributed by atoms with Gasteiger partial charge in [-0.1, -0.05) is 55.3 Å². The molecular weight excluding hydrogens is 525 g/mol. The highest BCUT2D eigenvalue weighted by Crippen LogP contribution is 2.47. The number of allylic oxidation sites excluding steroid dienone is 1. The van der Waals surface area contributed by atoms with Gasteiger partial charge in [0.05, 0.1) is 36.8 Å². The van der Waals surface area contributed by atoms with E-state index in [1.807, 2.05) is 18.2 Å². The van der Waals surface area contributed by atoms with Gasteiger partial charge in [0.1, 0.15) is 5.75 Å². The third-order valence-electron chi connectivity index (χ3n) is 8.09. The number of carbonyl (C=O) groups is 2. The molecule has 1 fully saturated rings. The summed E-state index contributed by atoms with van der Waals surface area (Å²) in [6.45, 7) is 1.77. The van der Waals surface area contributed by atoms with Crippen LogP contribution in [0.3, 0.4) is 0 Å². The van der Waals surface area contributed by atoms with Crippen LogP contribution in [-0.2, 0) is 14.3 Å². The maximum absolute atomic E-state index is 13.7. The average molecular weight is 563 g/mol. The third-order valence-corrected chi connectivity index (χ3v) is 8.09. The molecule has 0 bridgehead atoms. The quantitative estimate of drug-likeness (QED) is 0.150. The van der Waals surface area contributed by atoms with E-state index in [2.05, 4.69) is 6.92 Å². The van der Waals surface area contributed by atoms with E-state index in [4.69, 9.17) is 4.74 Å². The van der Waals surface area contributed by atoms with Gasteiger partial charge >= 0.3 is 7.12 Å². The molecule has 41 heavy (non-hydrogen) atoms. The lowest BCUT2D eigenvalue weighted by atomic mass is 9.68. The number of anilines is 1. The molecule has 0 aromatic heterocycles. The molecule has 0 radical (unpaired) electrons. The molecule has 4 rings (SSSR count). The second kappa shape index (κ2) is 13.6. The number of phenolic OH excluding ortho intramolecular Hbond substituents is 1. The first-order valence-corrected chi connectivity index (χ1v) is 14.0. The predicted octanol–water partition coefficient (Wildman–Crippen LogP) is 2.16. The Hall–Kier alpha value is -3.28. The van der Waals surface area contributed by atoms with Gasteiger partial charge in [0.2, 0.25) is 11.8 Å². The summed E-state index contributed by atoms with van der Waals surface area (Å²) in [6.07, 6.45) is 3.70. The van der Waals surface area contributed by atoms with E-state index in [9.17, 15) is 35.0 Å². The van der Waals surface area contributed by atoms with Gasteiger partial charge in [0.15, 0.2) is 0 Å². The number of benzene rings is 2. The van der Waals surface area contributed by atoms with Crippen molar-refractivity contribution >= 4 is 36.2 Å². The van der Waals surface area contributed by atoms with E-state index >= 15 is 0 Å². The number of aromatic hydroxyl groups is 1. The molecule has 1 heterocycles. The van der Waals surface area contributed by atoms with Crippen molar-refractivity contribution in [3.8, 4) is 5.75 Å². The number of aliphatic hydroxyl groups is 2. The van der Waals surface area contributed by atoms with Crippen LogP contribution in [0.25, 0.3) is 6.08 Å². The molecule has 5 N–H and O–H groups in total. The second-order valence-electron chi connectivity index (χ2n) is 10.8. The standard InChI is InChI=1S/C31H38BNO8/c1-3-7-19(14-20-8-4-5-11-26(20)35)12-13-27(36)28-21(18-41-2)15-24-29(25(28)17-34)31(38)33(30(24)37)23-10-6-9-22(16-23)32(39)40/h4-6,8-11,14,16,24-25,27,29,34-36,39-40H,3,7,12-13,15,17-18H2,1-2H3/b19-14+/t24-,25+,27-,29-/m1/s1. The van der Waals surface area contributed by atoms with E-state index in [1.165, 1.54) is 25.3 Å². The number of amides is 2. The predicted molar refractivity (Wildman–Crippen MR) is 156 cm³/mol. The summed E-state index contributed by atoms with van der Waals surface area (Å²) in [5.74, 6) is -3.12. The molecule has 0 spiro atoms. The minimum absolute atomic E-state index is 0.144. The minimum atomic E-state index is -1.76. The van der Waals surface area contributed by atoms with Crippen molar-refractivity contribution in [2.24, 2.45) is 17.8 Å². The van der Waals surface area contributed by atoms with Crippen LogP contribution in [0.1, 0.15) is 44.6 Å². The van der Waals surface area contributed by atoms with Gasteiger partial charge < -0.3 is 30.1 Å². The molecule has 2 aromatic rings. The zero-order valence-corrected chi connectivity index (χ0v) is 23.4. The number of ether oxygens (including phenoxy) is 1. The Balaban J connectivity index is 1.62. The molecule has 218 valence electrons. The van der Waals surface area contributed by atoms with E-state index in [-0.39, 0.29) is 29.9 Å². The van der Waals surface area contributed by atoms with Crippen LogP contribution in [0.5, 0.6) is 5.75 Å². The number of aliphatic hydroxyl groups excluding tert-OH is 2. The van der Waals surface area contributed by atoms with E-state index in [0.29, 0.717) is 29.6 Å². The van der Waals surface area contributed by atoms with Crippen molar-refractivity contribution in [2.75, 3.05) is 25.2 Å². The number of methoxy groups -OCH3 is 1. The van der Waals surface area contributed by atoms with Gasteiger partial charge in [0, 0.05) is 18.6 Å². The molecular formula is C31H38BNO8. The number of carbonyl (C=O) groups excluding carboxylic acids is 2. The molecule has 1 aliphatic carbocycles. The largest absolute Gasteiger partial charge is 0.507 e. The normalized spacial score (nSPS) is 21.9. The first-order chi connectivity index (χ1) is 19.7. The maximum atomic E-state index is 13.7. The van der Waals surface area contributed by atoms with Gasteiger partial charge in [-0.2, -0.15) is 0 Å². The molecule has 10 heteroatoms. The molecule has 2 aliphatic rings.